The number of amides is 2. The van der Waals surface area contributed by atoms with Gasteiger partial charge in [-0.2, -0.15) is 0 Å². The van der Waals surface area contributed by atoms with E-state index in [1.807, 2.05) is 73.7 Å². The second-order valence-electron chi connectivity index (χ2n) is 7.32. The number of carbonyl (C=O) groups excluding carboxylic acids is 2. The average Bonchev–Trinajstić information content (AvgIpc) is 2.81. The van der Waals surface area contributed by atoms with Crippen molar-refractivity contribution in [3.8, 4) is 11.5 Å². The minimum atomic E-state index is -0.259. The van der Waals surface area contributed by atoms with Gasteiger partial charge in [-0.05, 0) is 54.4 Å². The van der Waals surface area contributed by atoms with Gasteiger partial charge in [0.15, 0.2) is 6.61 Å². The van der Waals surface area contributed by atoms with Crippen LogP contribution >= 0.6 is 0 Å². The molecule has 32 heavy (non-hydrogen) atoms. The molecule has 0 aliphatic heterocycles. The van der Waals surface area contributed by atoms with Gasteiger partial charge in [0.1, 0.15) is 18.1 Å². The zero-order valence-electron chi connectivity index (χ0n) is 18.4. The highest BCUT2D eigenvalue weighted by molar-refractivity contribution is 5.91. The Bertz CT molecular complexity index is 1020. The Balaban J connectivity index is 1.46. The number of hydrogen-bond donors (Lipinski definition) is 1. The molecule has 6 heteroatoms. The fourth-order valence-electron chi connectivity index (χ4n) is 3.13. The third kappa shape index (κ3) is 7.16. The van der Waals surface area contributed by atoms with Crippen molar-refractivity contribution in [3.63, 3.8) is 0 Å². The van der Waals surface area contributed by atoms with E-state index >= 15 is 0 Å². The number of anilines is 1. The third-order valence-electron chi connectivity index (χ3n) is 4.85. The van der Waals surface area contributed by atoms with Crippen LogP contribution in [0.3, 0.4) is 0 Å². The summed E-state index contributed by atoms with van der Waals surface area (Å²) in [5.74, 6) is 1.08. The van der Waals surface area contributed by atoms with Crippen molar-refractivity contribution in [2.24, 2.45) is 0 Å². The molecule has 2 amide bonds. The molecule has 0 aromatic heterocycles. The lowest BCUT2D eigenvalue weighted by Crippen LogP contribution is -2.27. The van der Waals surface area contributed by atoms with Gasteiger partial charge in [0.2, 0.25) is 5.91 Å². The van der Waals surface area contributed by atoms with E-state index in [0.29, 0.717) is 31.1 Å². The van der Waals surface area contributed by atoms with Crippen molar-refractivity contribution in [1.82, 2.24) is 4.90 Å². The van der Waals surface area contributed by atoms with E-state index in [2.05, 4.69) is 5.32 Å². The summed E-state index contributed by atoms with van der Waals surface area (Å²) in [7, 11) is 0. The summed E-state index contributed by atoms with van der Waals surface area (Å²) < 4.78 is 11.3. The fourth-order valence-corrected chi connectivity index (χ4v) is 3.13. The molecule has 0 unspecified atom stereocenters. The third-order valence-corrected chi connectivity index (χ3v) is 4.85. The van der Waals surface area contributed by atoms with Crippen LogP contribution in [0.2, 0.25) is 0 Å². The molecule has 0 spiro atoms. The SMILES string of the molecule is CCN(Cc1cccc(NC(=O)COc2ccc(OCc3ccccc3)cc2)c1)C(C)=O. The molecule has 0 aliphatic rings. The van der Waals surface area contributed by atoms with Crippen LogP contribution in [-0.2, 0) is 22.7 Å². The topological polar surface area (TPSA) is 67.9 Å². The Morgan fingerprint density at radius 1 is 0.844 bits per heavy atom. The zero-order chi connectivity index (χ0) is 22.8. The van der Waals surface area contributed by atoms with Crippen LogP contribution in [0.15, 0.2) is 78.9 Å². The van der Waals surface area contributed by atoms with E-state index in [0.717, 1.165) is 16.9 Å². The van der Waals surface area contributed by atoms with Crippen molar-refractivity contribution >= 4 is 17.5 Å². The molecule has 0 fully saturated rings. The molecule has 0 saturated carbocycles. The summed E-state index contributed by atoms with van der Waals surface area (Å²) >= 11 is 0. The largest absolute Gasteiger partial charge is 0.489 e. The standard InChI is InChI=1S/C26H28N2O4/c1-3-28(20(2)29)17-22-10-7-11-23(16-22)27-26(30)19-32-25-14-12-24(13-15-25)31-18-21-8-5-4-6-9-21/h4-16H,3,17-19H2,1-2H3,(H,27,30). The van der Waals surface area contributed by atoms with Gasteiger partial charge in [-0.15, -0.1) is 0 Å². The molecule has 0 radical (unpaired) electrons. The summed E-state index contributed by atoms with van der Waals surface area (Å²) in [4.78, 5) is 25.6. The van der Waals surface area contributed by atoms with Crippen molar-refractivity contribution < 1.29 is 19.1 Å². The molecule has 0 bridgehead atoms. The Labute approximate surface area is 188 Å². The molecule has 0 atom stereocenters. The van der Waals surface area contributed by atoms with E-state index in [1.165, 1.54) is 0 Å². The number of nitrogens with zero attached hydrogens (tertiary/aromatic N) is 1. The maximum Gasteiger partial charge on any atom is 0.262 e. The number of nitrogens with one attached hydrogen (secondary N) is 1. The predicted octanol–water partition coefficient (Wildman–Crippen LogP) is 4.65. The van der Waals surface area contributed by atoms with Crippen LogP contribution < -0.4 is 14.8 Å². The molecule has 3 aromatic rings. The summed E-state index contributed by atoms with van der Waals surface area (Å²) in [5, 5.41) is 2.83. The molecule has 3 aromatic carbocycles. The molecule has 3 rings (SSSR count). The summed E-state index contributed by atoms with van der Waals surface area (Å²) in [6.45, 7) is 5.01. The van der Waals surface area contributed by atoms with Crippen LogP contribution in [-0.4, -0.2) is 29.9 Å². The van der Waals surface area contributed by atoms with Gasteiger partial charge in [-0.3, -0.25) is 9.59 Å². The monoisotopic (exact) mass is 432 g/mol. The van der Waals surface area contributed by atoms with Crippen LogP contribution in [0.25, 0.3) is 0 Å². The number of hydrogen-bond acceptors (Lipinski definition) is 4. The minimum Gasteiger partial charge on any atom is -0.489 e. The second kappa shape index (κ2) is 11.6. The second-order valence-corrected chi connectivity index (χ2v) is 7.32. The maximum atomic E-state index is 12.3. The van der Waals surface area contributed by atoms with Gasteiger partial charge >= 0.3 is 0 Å². The Morgan fingerprint density at radius 3 is 2.16 bits per heavy atom. The highest BCUT2D eigenvalue weighted by Gasteiger charge is 2.09. The van der Waals surface area contributed by atoms with Crippen molar-refractivity contribution in [1.29, 1.82) is 0 Å². The first-order valence-corrected chi connectivity index (χ1v) is 10.6. The summed E-state index contributed by atoms with van der Waals surface area (Å²) in [6, 6.07) is 24.6. The van der Waals surface area contributed by atoms with Crippen molar-refractivity contribution in [3.05, 3.63) is 90.0 Å². The Hall–Kier alpha value is -3.80. The van der Waals surface area contributed by atoms with Crippen LogP contribution in [0.1, 0.15) is 25.0 Å². The maximum absolute atomic E-state index is 12.3. The lowest BCUT2D eigenvalue weighted by Gasteiger charge is -2.19. The van der Waals surface area contributed by atoms with E-state index in [9.17, 15) is 9.59 Å². The number of ether oxygens (including phenoxy) is 2. The van der Waals surface area contributed by atoms with Crippen LogP contribution in [0.4, 0.5) is 5.69 Å². The van der Waals surface area contributed by atoms with E-state index in [-0.39, 0.29) is 18.4 Å². The highest BCUT2D eigenvalue weighted by Crippen LogP contribution is 2.19. The minimum absolute atomic E-state index is 0.0202. The quantitative estimate of drug-likeness (QED) is 0.506. The average molecular weight is 433 g/mol. The van der Waals surface area contributed by atoms with Crippen LogP contribution in [0.5, 0.6) is 11.5 Å². The summed E-state index contributed by atoms with van der Waals surface area (Å²) in [5.41, 5.74) is 2.71. The molecule has 0 saturated heterocycles. The molecule has 166 valence electrons. The molecule has 1 N–H and O–H groups in total. The number of benzene rings is 3. The van der Waals surface area contributed by atoms with Gasteiger partial charge in [0, 0.05) is 25.7 Å². The lowest BCUT2D eigenvalue weighted by atomic mass is 10.2. The van der Waals surface area contributed by atoms with Crippen LogP contribution in [0, 0.1) is 0 Å². The van der Waals surface area contributed by atoms with E-state index < -0.39 is 0 Å². The molecule has 0 heterocycles. The first-order chi connectivity index (χ1) is 15.5. The lowest BCUT2D eigenvalue weighted by molar-refractivity contribution is -0.129. The number of carbonyl (C=O) groups is 2. The zero-order valence-corrected chi connectivity index (χ0v) is 18.4. The normalized spacial score (nSPS) is 10.3. The molecular formula is C26H28N2O4. The first-order valence-electron chi connectivity index (χ1n) is 10.6. The van der Waals surface area contributed by atoms with Gasteiger partial charge in [-0.25, -0.2) is 0 Å². The van der Waals surface area contributed by atoms with Crippen molar-refractivity contribution in [2.45, 2.75) is 27.0 Å². The van der Waals surface area contributed by atoms with Crippen molar-refractivity contribution in [2.75, 3.05) is 18.5 Å². The molecule has 6 nitrogen and oxygen atoms in total. The molecule has 0 aliphatic carbocycles. The van der Waals surface area contributed by atoms with Gasteiger partial charge < -0.3 is 19.7 Å². The van der Waals surface area contributed by atoms with E-state index in [4.69, 9.17) is 9.47 Å². The molecular weight excluding hydrogens is 404 g/mol. The Morgan fingerprint density at radius 2 is 1.50 bits per heavy atom. The first kappa shape index (κ1) is 22.9. The van der Waals surface area contributed by atoms with Gasteiger partial charge in [-0.1, -0.05) is 42.5 Å². The summed E-state index contributed by atoms with van der Waals surface area (Å²) in [6.07, 6.45) is 0. The smallest absolute Gasteiger partial charge is 0.262 e. The van der Waals surface area contributed by atoms with E-state index in [1.54, 1.807) is 24.0 Å². The number of rotatable bonds is 10. The van der Waals surface area contributed by atoms with Gasteiger partial charge in [0.05, 0.1) is 0 Å². The predicted molar refractivity (Wildman–Crippen MR) is 125 cm³/mol. The fraction of sp³-hybridized carbons (Fsp3) is 0.231. The van der Waals surface area contributed by atoms with Gasteiger partial charge in [0.25, 0.3) is 5.91 Å². The highest BCUT2D eigenvalue weighted by atomic mass is 16.5. The Kier molecular flexibility index (Phi) is 8.26.